The van der Waals surface area contributed by atoms with E-state index in [1.807, 2.05) is 41.5 Å². The lowest BCUT2D eigenvalue weighted by Gasteiger charge is -2.42. The van der Waals surface area contributed by atoms with Gasteiger partial charge < -0.3 is 15.1 Å². The third kappa shape index (κ3) is 7.06. The van der Waals surface area contributed by atoms with Gasteiger partial charge in [-0.05, 0) is 44.2 Å². The molecule has 37 heavy (non-hydrogen) atoms. The highest BCUT2D eigenvalue weighted by Crippen LogP contribution is 2.37. The summed E-state index contributed by atoms with van der Waals surface area (Å²) in [4.78, 5) is 44.6. The van der Waals surface area contributed by atoms with Gasteiger partial charge in [-0.3, -0.25) is 19.3 Å². The Morgan fingerprint density at radius 3 is 2.30 bits per heavy atom. The molecule has 0 spiro atoms. The van der Waals surface area contributed by atoms with Crippen molar-refractivity contribution in [1.82, 2.24) is 20.0 Å². The first kappa shape index (κ1) is 29.0. The summed E-state index contributed by atoms with van der Waals surface area (Å²) in [5.41, 5.74) is 0.214. The fourth-order valence-corrected chi connectivity index (χ4v) is 5.60. The molecule has 1 aromatic carbocycles. The molecule has 0 unspecified atom stereocenters. The first-order chi connectivity index (χ1) is 17.2. The molecule has 0 aliphatic carbocycles. The van der Waals surface area contributed by atoms with Crippen molar-refractivity contribution in [3.63, 3.8) is 0 Å². The normalized spacial score (nSPS) is 23.9. The van der Waals surface area contributed by atoms with E-state index in [1.165, 1.54) is 19.1 Å². The molecule has 2 aliphatic rings. The predicted octanol–water partition coefficient (Wildman–Crippen LogP) is 3.39. The standard InChI is InChI=1S/C28H42F2N4O3/c1-17(2)33-15-22(21-9-8-20(29)12-24(21)30)23(16-33)26(36)34-11-10-32(14-18(34)3)27(37)25(31-19(4)35)13-28(5,6)7/h8-9,12,17-18,22-23,25H,10-11,13-16H2,1-7H3,(H,31,35)/t18-,22-,23+,25-/m0/s1. The topological polar surface area (TPSA) is 73.0 Å². The van der Waals surface area contributed by atoms with Crippen molar-refractivity contribution >= 4 is 17.7 Å². The van der Waals surface area contributed by atoms with E-state index in [0.717, 1.165) is 6.07 Å². The zero-order valence-corrected chi connectivity index (χ0v) is 23.2. The van der Waals surface area contributed by atoms with E-state index in [4.69, 9.17) is 0 Å². The molecule has 0 aromatic heterocycles. The largest absolute Gasteiger partial charge is 0.345 e. The van der Waals surface area contributed by atoms with Crippen molar-refractivity contribution in [1.29, 1.82) is 0 Å². The van der Waals surface area contributed by atoms with E-state index in [9.17, 15) is 23.2 Å². The smallest absolute Gasteiger partial charge is 0.245 e. The number of benzene rings is 1. The number of halogens is 2. The van der Waals surface area contributed by atoms with Gasteiger partial charge in [-0.1, -0.05) is 26.8 Å². The lowest BCUT2D eigenvalue weighted by Crippen LogP contribution is -2.60. The highest BCUT2D eigenvalue weighted by molar-refractivity contribution is 5.87. The summed E-state index contributed by atoms with van der Waals surface area (Å²) in [6, 6.07) is 2.91. The van der Waals surface area contributed by atoms with Crippen LogP contribution in [0.1, 0.15) is 66.4 Å². The maximum Gasteiger partial charge on any atom is 0.245 e. The molecule has 0 bridgehead atoms. The van der Waals surface area contributed by atoms with Crippen LogP contribution in [0.2, 0.25) is 0 Å². The summed E-state index contributed by atoms with van der Waals surface area (Å²) in [5, 5.41) is 2.80. The number of hydrogen-bond acceptors (Lipinski definition) is 4. The SMILES string of the molecule is CC(=O)N[C@@H](CC(C)(C)C)C(=O)N1CCN(C(=O)[C@@H]2CN(C(C)C)C[C@H]2c2ccc(F)cc2F)[C@@H](C)C1. The van der Waals surface area contributed by atoms with Gasteiger partial charge in [0.1, 0.15) is 17.7 Å². The molecular weight excluding hydrogens is 478 g/mol. The van der Waals surface area contributed by atoms with E-state index in [1.54, 1.807) is 9.80 Å². The Bertz CT molecular complexity index is 1010. The van der Waals surface area contributed by atoms with Crippen molar-refractivity contribution in [2.24, 2.45) is 11.3 Å². The fraction of sp³-hybridized carbons (Fsp3) is 0.679. The van der Waals surface area contributed by atoms with Gasteiger partial charge in [0.25, 0.3) is 0 Å². The molecule has 1 N–H and O–H groups in total. The van der Waals surface area contributed by atoms with Gasteiger partial charge in [0.15, 0.2) is 0 Å². The predicted molar refractivity (Wildman–Crippen MR) is 139 cm³/mol. The van der Waals surface area contributed by atoms with E-state index >= 15 is 0 Å². The Morgan fingerprint density at radius 1 is 1.08 bits per heavy atom. The molecule has 2 aliphatic heterocycles. The second kappa shape index (κ2) is 11.5. The minimum Gasteiger partial charge on any atom is -0.345 e. The zero-order chi connectivity index (χ0) is 27.7. The third-order valence-corrected chi connectivity index (χ3v) is 7.47. The first-order valence-corrected chi connectivity index (χ1v) is 13.2. The van der Waals surface area contributed by atoms with Gasteiger partial charge in [0, 0.05) is 63.7 Å². The Hall–Kier alpha value is -2.55. The zero-order valence-electron chi connectivity index (χ0n) is 23.2. The number of nitrogens with zero attached hydrogens (tertiary/aromatic N) is 3. The molecule has 2 saturated heterocycles. The highest BCUT2D eigenvalue weighted by Gasteiger charge is 2.44. The quantitative estimate of drug-likeness (QED) is 0.624. The Balaban J connectivity index is 1.76. The molecular formula is C28H42F2N4O3. The monoisotopic (exact) mass is 520 g/mol. The van der Waals surface area contributed by atoms with E-state index in [0.29, 0.717) is 44.7 Å². The Kier molecular flexibility index (Phi) is 8.98. The molecule has 1 aromatic rings. The number of carbonyl (C=O) groups is 3. The maximum absolute atomic E-state index is 14.8. The van der Waals surface area contributed by atoms with Gasteiger partial charge in [0.2, 0.25) is 17.7 Å². The van der Waals surface area contributed by atoms with Crippen LogP contribution in [0, 0.1) is 23.0 Å². The van der Waals surface area contributed by atoms with Crippen LogP contribution >= 0.6 is 0 Å². The number of carbonyl (C=O) groups excluding carboxylic acids is 3. The Morgan fingerprint density at radius 2 is 1.76 bits per heavy atom. The van der Waals surface area contributed by atoms with Crippen LogP contribution in [0.4, 0.5) is 8.78 Å². The van der Waals surface area contributed by atoms with Crippen LogP contribution < -0.4 is 5.32 Å². The number of hydrogen-bond donors (Lipinski definition) is 1. The van der Waals surface area contributed by atoms with Gasteiger partial charge in [-0.2, -0.15) is 0 Å². The number of nitrogens with one attached hydrogen (secondary N) is 1. The molecule has 3 amide bonds. The van der Waals surface area contributed by atoms with Gasteiger partial charge in [-0.15, -0.1) is 0 Å². The number of amides is 3. The van der Waals surface area contributed by atoms with Gasteiger partial charge >= 0.3 is 0 Å². The van der Waals surface area contributed by atoms with Crippen LogP contribution in [0.25, 0.3) is 0 Å². The van der Waals surface area contributed by atoms with Gasteiger partial charge in [-0.25, -0.2) is 8.78 Å². The van der Waals surface area contributed by atoms with E-state index in [2.05, 4.69) is 10.2 Å². The van der Waals surface area contributed by atoms with Crippen molar-refractivity contribution in [2.45, 2.75) is 78.9 Å². The van der Waals surface area contributed by atoms with Crippen molar-refractivity contribution in [3.8, 4) is 0 Å². The fourth-order valence-electron chi connectivity index (χ4n) is 5.60. The summed E-state index contributed by atoms with van der Waals surface area (Å²) < 4.78 is 28.3. The highest BCUT2D eigenvalue weighted by atomic mass is 19.1. The van der Waals surface area contributed by atoms with Crippen LogP contribution in [-0.2, 0) is 14.4 Å². The molecule has 3 rings (SSSR count). The van der Waals surface area contributed by atoms with Crippen molar-refractivity contribution < 1.29 is 23.2 Å². The number of likely N-dealkylation sites (tertiary alicyclic amines) is 1. The average Bonchev–Trinajstić information content (AvgIpc) is 3.22. The molecule has 9 heteroatoms. The summed E-state index contributed by atoms with van der Waals surface area (Å²) in [6.07, 6.45) is 0.511. The second-order valence-corrected chi connectivity index (χ2v) is 12.1. The molecule has 4 atom stereocenters. The van der Waals surface area contributed by atoms with Gasteiger partial charge in [0.05, 0.1) is 5.92 Å². The van der Waals surface area contributed by atoms with Crippen LogP contribution in [0.3, 0.4) is 0 Å². The molecule has 2 fully saturated rings. The molecule has 2 heterocycles. The summed E-state index contributed by atoms with van der Waals surface area (Å²) in [5.74, 6) is -2.55. The van der Waals surface area contributed by atoms with Crippen molar-refractivity contribution in [2.75, 3.05) is 32.7 Å². The summed E-state index contributed by atoms with van der Waals surface area (Å²) in [7, 11) is 0. The van der Waals surface area contributed by atoms with Crippen LogP contribution in [0.15, 0.2) is 18.2 Å². The third-order valence-electron chi connectivity index (χ3n) is 7.47. The lowest BCUT2D eigenvalue weighted by molar-refractivity contribution is -0.147. The minimum atomic E-state index is -0.638. The van der Waals surface area contributed by atoms with Crippen LogP contribution in [0.5, 0.6) is 0 Å². The summed E-state index contributed by atoms with van der Waals surface area (Å²) >= 11 is 0. The van der Waals surface area contributed by atoms with Crippen LogP contribution in [-0.4, -0.2) is 83.3 Å². The minimum absolute atomic E-state index is 0.0652. The lowest BCUT2D eigenvalue weighted by atomic mass is 9.86. The molecule has 0 radical (unpaired) electrons. The average molecular weight is 521 g/mol. The molecule has 7 nitrogen and oxygen atoms in total. The number of rotatable bonds is 6. The molecule has 0 saturated carbocycles. The van der Waals surface area contributed by atoms with E-state index < -0.39 is 23.6 Å². The maximum atomic E-state index is 14.8. The first-order valence-electron chi connectivity index (χ1n) is 13.2. The molecule has 206 valence electrons. The summed E-state index contributed by atoms with van der Waals surface area (Å²) in [6.45, 7) is 15.6. The second-order valence-electron chi connectivity index (χ2n) is 12.1. The van der Waals surface area contributed by atoms with Crippen molar-refractivity contribution in [3.05, 3.63) is 35.4 Å². The van der Waals surface area contributed by atoms with E-state index in [-0.39, 0.29) is 41.1 Å². The number of piperazine rings is 1. The Labute approximate surface area is 219 Å².